The summed E-state index contributed by atoms with van der Waals surface area (Å²) in [4.78, 5) is 12.5. The molecule has 0 unspecified atom stereocenters. The Morgan fingerprint density at radius 3 is 2.57 bits per heavy atom. The number of carbonyl (C=O) groups is 1. The highest BCUT2D eigenvalue weighted by molar-refractivity contribution is 6.10. The Bertz CT molecular complexity index is 638. The largest absolute Gasteiger partial charge is 0.497 e. The molecule has 2 aromatic carbocycles. The third-order valence-electron chi connectivity index (χ3n) is 3.01. The van der Waals surface area contributed by atoms with Crippen LogP contribution in [0, 0.1) is 5.82 Å². The average Bonchev–Trinajstić information content (AvgIpc) is 2.52. The van der Waals surface area contributed by atoms with Crippen molar-refractivity contribution in [1.29, 1.82) is 0 Å². The molecule has 0 saturated heterocycles. The van der Waals surface area contributed by atoms with Crippen molar-refractivity contribution >= 4 is 5.78 Å². The van der Waals surface area contributed by atoms with Gasteiger partial charge in [0.2, 0.25) is 0 Å². The summed E-state index contributed by atoms with van der Waals surface area (Å²) in [6, 6.07) is 11.0. The molecule has 0 radical (unpaired) electrons. The van der Waals surface area contributed by atoms with Gasteiger partial charge in [0.25, 0.3) is 0 Å². The molecule has 3 nitrogen and oxygen atoms in total. The Labute approximate surface area is 123 Å². The number of para-hydroxylation sites is 1. The predicted molar refractivity (Wildman–Crippen MR) is 78.6 cm³/mol. The van der Waals surface area contributed by atoms with Crippen LogP contribution >= 0.6 is 0 Å². The van der Waals surface area contributed by atoms with Gasteiger partial charge in [-0.1, -0.05) is 19.1 Å². The van der Waals surface area contributed by atoms with E-state index in [4.69, 9.17) is 9.47 Å². The fourth-order valence-electron chi connectivity index (χ4n) is 1.94. The summed E-state index contributed by atoms with van der Waals surface area (Å²) in [5, 5.41) is 0. The van der Waals surface area contributed by atoms with Gasteiger partial charge in [0.05, 0.1) is 24.8 Å². The zero-order valence-electron chi connectivity index (χ0n) is 12.1. The summed E-state index contributed by atoms with van der Waals surface area (Å²) in [5.74, 6) is -0.161. The van der Waals surface area contributed by atoms with Crippen LogP contribution in [0.5, 0.6) is 11.5 Å². The third-order valence-corrected chi connectivity index (χ3v) is 3.01. The molecular weight excluding hydrogens is 271 g/mol. The van der Waals surface area contributed by atoms with Crippen LogP contribution < -0.4 is 9.47 Å². The van der Waals surface area contributed by atoms with Gasteiger partial charge in [0.15, 0.2) is 5.78 Å². The van der Waals surface area contributed by atoms with Crippen molar-refractivity contribution in [3.8, 4) is 11.5 Å². The van der Waals surface area contributed by atoms with Gasteiger partial charge in [-0.15, -0.1) is 0 Å². The van der Waals surface area contributed by atoms with Crippen molar-refractivity contribution in [2.24, 2.45) is 0 Å². The van der Waals surface area contributed by atoms with Crippen molar-refractivity contribution in [2.45, 2.75) is 13.3 Å². The van der Waals surface area contributed by atoms with Crippen LogP contribution in [0.1, 0.15) is 29.3 Å². The number of benzene rings is 2. The summed E-state index contributed by atoms with van der Waals surface area (Å²) in [5.41, 5.74) is 0.360. The first-order valence-corrected chi connectivity index (χ1v) is 6.77. The van der Waals surface area contributed by atoms with Crippen LogP contribution in [0.3, 0.4) is 0 Å². The lowest BCUT2D eigenvalue weighted by atomic mass is 10.0. The Balaban J connectivity index is 2.36. The van der Waals surface area contributed by atoms with Gasteiger partial charge >= 0.3 is 0 Å². The molecule has 0 atom stereocenters. The topological polar surface area (TPSA) is 35.5 Å². The maximum absolute atomic E-state index is 14.0. The molecule has 0 amide bonds. The van der Waals surface area contributed by atoms with Gasteiger partial charge < -0.3 is 9.47 Å². The zero-order valence-corrected chi connectivity index (χ0v) is 12.1. The highest BCUT2D eigenvalue weighted by Gasteiger charge is 2.18. The molecule has 0 fully saturated rings. The highest BCUT2D eigenvalue weighted by atomic mass is 19.1. The van der Waals surface area contributed by atoms with Crippen LogP contribution in [0.25, 0.3) is 0 Å². The van der Waals surface area contributed by atoms with Crippen molar-refractivity contribution in [3.05, 3.63) is 59.4 Å². The molecule has 110 valence electrons. The van der Waals surface area contributed by atoms with Crippen LogP contribution in [0.2, 0.25) is 0 Å². The van der Waals surface area contributed by atoms with Gasteiger partial charge in [0, 0.05) is 6.07 Å². The van der Waals surface area contributed by atoms with Gasteiger partial charge in [-0.3, -0.25) is 4.79 Å². The van der Waals surface area contributed by atoms with Gasteiger partial charge in [-0.05, 0) is 30.7 Å². The van der Waals surface area contributed by atoms with Crippen LogP contribution in [-0.4, -0.2) is 19.5 Å². The Hall–Kier alpha value is -2.36. The molecule has 0 aliphatic heterocycles. The Kier molecular flexibility index (Phi) is 4.93. The van der Waals surface area contributed by atoms with E-state index in [0.717, 1.165) is 6.42 Å². The summed E-state index contributed by atoms with van der Waals surface area (Å²) >= 11 is 0. The minimum absolute atomic E-state index is 0.00310. The molecule has 0 aromatic heterocycles. The van der Waals surface area contributed by atoms with E-state index < -0.39 is 11.6 Å². The number of ketones is 1. The van der Waals surface area contributed by atoms with E-state index in [0.29, 0.717) is 23.7 Å². The molecular formula is C17H17FO3. The SMILES string of the molecule is CCCOc1ccccc1C(=O)c1ccc(OC)cc1F. The maximum Gasteiger partial charge on any atom is 0.199 e. The van der Waals surface area contributed by atoms with E-state index >= 15 is 0 Å². The molecule has 0 N–H and O–H groups in total. The van der Waals surface area contributed by atoms with Crippen molar-refractivity contribution < 1.29 is 18.7 Å². The zero-order chi connectivity index (χ0) is 15.2. The van der Waals surface area contributed by atoms with E-state index in [9.17, 15) is 9.18 Å². The summed E-state index contributed by atoms with van der Waals surface area (Å²) < 4.78 is 24.5. The van der Waals surface area contributed by atoms with Crippen molar-refractivity contribution in [1.82, 2.24) is 0 Å². The van der Waals surface area contributed by atoms with Gasteiger partial charge in [-0.25, -0.2) is 4.39 Å². The quantitative estimate of drug-likeness (QED) is 0.757. The molecule has 0 saturated carbocycles. The minimum atomic E-state index is -0.607. The van der Waals surface area contributed by atoms with Gasteiger partial charge in [0.1, 0.15) is 17.3 Å². The lowest BCUT2D eigenvalue weighted by Crippen LogP contribution is -2.08. The predicted octanol–water partition coefficient (Wildman–Crippen LogP) is 3.85. The minimum Gasteiger partial charge on any atom is -0.497 e. The number of hydrogen-bond acceptors (Lipinski definition) is 3. The molecule has 0 aliphatic rings. The number of methoxy groups -OCH3 is 1. The second-order valence-corrected chi connectivity index (χ2v) is 4.52. The van der Waals surface area contributed by atoms with Crippen LogP contribution in [0.4, 0.5) is 4.39 Å². The monoisotopic (exact) mass is 288 g/mol. The standard InChI is InChI=1S/C17H17FO3/c1-3-10-21-16-7-5-4-6-14(16)17(19)13-9-8-12(20-2)11-15(13)18/h4-9,11H,3,10H2,1-2H3. The van der Waals surface area contributed by atoms with Crippen molar-refractivity contribution in [3.63, 3.8) is 0 Å². The smallest absolute Gasteiger partial charge is 0.199 e. The molecule has 2 rings (SSSR count). The third kappa shape index (κ3) is 3.40. The second-order valence-electron chi connectivity index (χ2n) is 4.52. The maximum atomic E-state index is 14.0. The van der Waals surface area contributed by atoms with Gasteiger partial charge in [-0.2, -0.15) is 0 Å². The number of ether oxygens (including phenoxy) is 2. The number of hydrogen-bond donors (Lipinski definition) is 0. The average molecular weight is 288 g/mol. The fourth-order valence-corrected chi connectivity index (χ4v) is 1.94. The molecule has 21 heavy (non-hydrogen) atoms. The first kappa shape index (κ1) is 15.0. The second kappa shape index (κ2) is 6.88. The normalized spacial score (nSPS) is 10.2. The van der Waals surface area contributed by atoms with Crippen LogP contribution in [0.15, 0.2) is 42.5 Å². The number of halogens is 1. The lowest BCUT2D eigenvalue weighted by molar-refractivity contribution is 0.103. The molecule has 0 bridgehead atoms. The summed E-state index contributed by atoms with van der Waals surface area (Å²) in [6.45, 7) is 2.49. The number of carbonyl (C=O) groups excluding carboxylic acids is 1. The van der Waals surface area contributed by atoms with E-state index in [1.54, 1.807) is 30.3 Å². The fraction of sp³-hybridized carbons (Fsp3) is 0.235. The Morgan fingerprint density at radius 1 is 1.14 bits per heavy atom. The molecule has 2 aromatic rings. The lowest BCUT2D eigenvalue weighted by Gasteiger charge is -2.11. The molecule has 0 spiro atoms. The van der Waals surface area contributed by atoms with Crippen LogP contribution in [-0.2, 0) is 0 Å². The summed E-state index contributed by atoms with van der Waals surface area (Å²) in [6.07, 6.45) is 0.833. The van der Waals surface area contributed by atoms with Crippen molar-refractivity contribution in [2.75, 3.05) is 13.7 Å². The first-order valence-electron chi connectivity index (χ1n) is 6.77. The van der Waals surface area contributed by atoms with E-state index in [1.807, 2.05) is 6.92 Å². The van der Waals surface area contributed by atoms with E-state index in [2.05, 4.69) is 0 Å². The Morgan fingerprint density at radius 2 is 1.90 bits per heavy atom. The molecule has 0 aliphatic carbocycles. The highest BCUT2D eigenvalue weighted by Crippen LogP contribution is 2.24. The molecule has 0 heterocycles. The number of rotatable bonds is 6. The first-order chi connectivity index (χ1) is 10.2. The summed E-state index contributed by atoms with van der Waals surface area (Å²) in [7, 11) is 1.45. The van der Waals surface area contributed by atoms with E-state index in [1.165, 1.54) is 19.2 Å². The molecule has 4 heteroatoms. The van der Waals surface area contributed by atoms with E-state index in [-0.39, 0.29) is 5.56 Å².